The lowest BCUT2D eigenvalue weighted by Crippen LogP contribution is -2.44. The summed E-state index contributed by atoms with van der Waals surface area (Å²) >= 11 is 0. The first kappa shape index (κ1) is 21.1. The van der Waals surface area contributed by atoms with E-state index in [1.165, 1.54) is 12.8 Å². The molecule has 30 heavy (non-hydrogen) atoms. The first-order valence-corrected chi connectivity index (χ1v) is 11.6. The van der Waals surface area contributed by atoms with Crippen LogP contribution in [0.3, 0.4) is 0 Å². The van der Waals surface area contributed by atoms with E-state index >= 15 is 0 Å². The van der Waals surface area contributed by atoms with Gasteiger partial charge in [-0.1, -0.05) is 12.8 Å². The van der Waals surface area contributed by atoms with E-state index in [1.807, 2.05) is 4.90 Å². The highest BCUT2D eigenvalue weighted by molar-refractivity contribution is 6.01. The average Bonchev–Trinajstić information content (AvgIpc) is 3.41. The van der Waals surface area contributed by atoms with Crippen LogP contribution < -0.4 is 0 Å². The van der Waals surface area contributed by atoms with Crippen LogP contribution in [0.15, 0.2) is 12.3 Å². The molecule has 4 heterocycles. The summed E-state index contributed by atoms with van der Waals surface area (Å²) in [5.74, 6) is 0.438. The zero-order valence-electron chi connectivity index (χ0n) is 17.9. The third kappa shape index (κ3) is 4.94. The molecule has 0 spiro atoms. The highest BCUT2D eigenvalue weighted by atomic mass is 16.2. The lowest BCUT2D eigenvalue weighted by atomic mass is 9.94. The maximum absolute atomic E-state index is 12.8. The van der Waals surface area contributed by atoms with Gasteiger partial charge in [0.2, 0.25) is 5.91 Å². The molecule has 3 saturated heterocycles. The van der Waals surface area contributed by atoms with E-state index in [1.54, 1.807) is 12.3 Å². The molecule has 2 amide bonds. The molecule has 0 atom stereocenters. The number of nitrogens with one attached hydrogen (secondary N) is 1. The molecule has 0 unspecified atom stereocenters. The summed E-state index contributed by atoms with van der Waals surface area (Å²) in [5, 5.41) is 0. The summed E-state index contributed by atoms with van der Waals surface area (Å²) in [6.07, 6.45) is 10.1. The largest absolute Gasteiger partial charge is 0.356 e. The minimum absolute atomic E-state index is 0.0145. The fourth-order valence-electron chi connectivity index (χ4n) is 4.95. The number of amides is 2. The van der Waals surface area contributed by atoms with Crippen LogP contribution in [0.5, 0.6) is 0 Å². The van der Waals surface area contributed by atoms with Crippen molar-refractivity contribution in [2.45, 2.75) is 51.4 Å². The number of carbonyl (C=O) groups is 3. The van der Waals surface area contributed by atoms with E-state index in [0.29, 0.717) is 23.7 Å². The zero-order valence-corrected chi connectivity index (χ0v) is 17.9. The van der Waals surface area contributed by atoms with E-state index in [2.05, 4.69) is 14.8 Å². The van der Waals surface area contributed by atoms with Gasteiger partial charge in [0.15, 0.2) is 5.78 Å². The molecule has 3 fully saturated rings. The molecule has 164 valence electrons. The normalized spacial score (nSPS) is 21.6. The molecule has 0 aromatic carbocycles. The van der Waals surface area contributed by atoms with Crippen molar-refractivity contribution >= 4 is 17.6 Å². The first-order valence-electron chi connectivity index (χ1n) is 11.6. The molecule has 0 aliphatic carbocycles. The van der Waals surface area contributed by atoms with Gasteiger partial charge in [-0.3, -0.25) is 19.3 Å². The number of rotatable bonds is 5. The number of likely N-dealkylation sites (tertiary alicyclic amines) is 3. The van der Waals surface area contributed by atoms with Crippen molar-refractivity contribution in [3.63, 3.8) is 0 Å². The predicted molar refractivity (Wildman–Crippen MR) is 114 cm³/mol. The number of aromatic amines is 1. The average molecular weight is 415 g/mol. The maximum atomic E-state index is 12.8. The first-order chi connectivity index (χ1) is 14.6. The second-order valence-corrected chi connectivity index (χ2v) is 9.01. The Morgan fingerprint density at radius 2 is 1.43 bits per heavy atom. The Kier molecular flexibility index (Phi) is 6.87. The van der Waals surface area contributed by atoms with Gasteiger partial charge in [0.1, 0.15) is 5.69 Å². The van der Waals surface area contributed by atoms with E-state index in [0.717, 1.165) is 77.8 Å². The fraction of sp³-hybridized carbons (Fsp3) is 0.696. The number of piperidine rings is 1. The van der Waals surface area contributed by atoms with Crippen LogP contribution in [0.1, 0.15) is 72.2 Å². The number of hydrogen-bond acceptors (Lipinski definition) is 4. The van der Waals surface area contributed by atoms with Gasteiger partial charge in [-0.15, -0.1) is 0 Å². The SMILES string of the molecule is O=C(CN1CCC(C(=O)N2CCCCCC2)CC1)c1c[nH]c(C(=O)N2CCCC2)c1. The molecule has 3 aliphatic heterocycles. The molecule has 7 heteroatoms. The number of ketones is 1. The Bertz CT molecular complexity index is 752. The Labute approximate surface area is 178 Å². The molecule has 0 radical (unpaired) electrons. The van der Waals surface area contributed by atoms with Gasteiger partial charge >= 0.3 is 0 Å². The van der Waals surface area contributed by atoms with E-state index in [9.17, 15) is 14.4 Å². The van der Waals surface area contributed by atoms with Crippen LogP contribution >= 0.6 is 0 Å². The minimum atomic E-state index is -0.0145. The summed E-state index contributed by atoms with van der Waals surface area (Å²) in [5.41, 5.74) is 1.07. The molecule has 3 aliphatic rings. The third-order valence-electron chi connectivity index (χ3n) is 6.85. The lowest BCUT2D eigenvalue weighted by Gasteiger charge is -2.33. The molecule has 0 saturated carbocycles. The molecule has 4 rings (SSSR count). The summed E-state index contributed by atoms with van der Waals surface area (Å²) < 4.78 is 0. The Morgan fingerprint density at radius 1 is 0.833 bits per heavy atom. The van der Waals surface area contributed by atoms with Gasteiger partial charge in [0.25, 0.3) is 5.91 Å². The quantitative estimate of drug-likeness (QED) is 0.752. The van der Waals surface area contributed by atoms with Gasteiger partial charge in [-0.05, 0) is 57.7 Å². The molecule has 1 aromatic heterocycles. The Hall–Kier alpha value is -2.15. The lowest BCUT2D eigenvalue weighted by molar-refractivity contribution is -0.137. The summed E-state index contributed by atoms with van der Waals surface area (Å²) in [6.45, 7) is 5.31. The van der Waals surface area contributed by atoms with Crippen LogP contribution in [0, 0.1) is 5.92 Å². The van der Waals surface area contributed by atoms with E-state index in [-0.39, 0.29) is 17.6 Å². The van der Waals surface area contributed by atoms with Crippen LogP contribution in [-0.4, -0.2) is 83.1 Å². The van der Waals surface area contributed by atoms with Crippen LogP contribution in [0.4, 0.5) is 0 Å². The number of nitrogens with zero attached hydrogens (tertiary/aromatic N) is 3. The van der Waals surface area contributed by atoms with Crippen molar-refractivity contribution in [2.24, 2.45) is 5.92 Å². The number of hydrogen-bond donors (Lipinski definition) is 1. The van der Waals surface area contributed by atoms with Gasteiger partial charge in [0.05, 0.1) is 6.54 Å². The van der Waals surface area contributed by atoms with Gasteiger partial charge in [-0.25, -0.2) is 0 Å². The molecular formula is C23H34N4O3. The molecular weight excluding hydrogens is 380 g/mol. The smallest absolute Gasteiger partial charge is 0.270 e. The fourth-order valence-corrected chi connectivity index (χ4v) is 4.95. The van der Waals surface area contributed by atoms with Crippen molar-refractivity contribution < 1.29 is 14.4 Å². The number of aromatic nitrogens is 1. The summed E-state index contributed by atoms with van der Waals surface area (Å²) in [4.78, 5) is 47.0. The van der Waals surface area contributed by atoms with Crippen LogP contribution in [0.25, 0.3) is 0 Å². The highest BCUT2D eigenvalue weighted by Gasteiger charge is 2.30. The third-order valence-corrected chi connectivity index (χ3v) is 6.85. The zero-order chi connectivity index (χ0) is 20.9. The molecule has 7 nitrogen and oxygen atoms in total. The summed E-state index contributed by atoms with van der Waals surface area (Å²) in [7, 11) is 0. The maximum Gasteiger partial charge on any atom is 0.270 e. The minimum Gasteiger partial charge on any atom is -0.356 e. The molecule has 1 N–H and O–H groups in total. The number of Topliss-reactive ketones (excluding diaryl/α,β-unsaturated/α-hetero) is 1. The van der Waals surface area contributed by atoms with Crippen molar-refractivity contribution in [3.05, 3.63) is 23.5 Å². The van der Waals surface area contributed by atoms with Crippen molar-refractivity contribution in [3.8, 4) is 0 Å². The second kappa shape index (κ2) is 9.77. The number of carbonyl (C=O) groups excluding carboxylic acids is 3. The van der Waals surface area contributed by atoms with Crippen molar-refractivity contribution in [1.29, 1.82) is 0 Å². The van der Waals surface area contributed by atoms with Crippen LogP contribution in [-0.2, 0) is 4.79 Å². The van der Waals surface area contributed by atoms with E-state index in [4.69, 9.17) is 0 Å². The van der Waals surface area contributed by atoms with Gasteiger partial charge in [-0.2, -0.15) is 0 Å². The second-order valence-electron chi connectivity index (χ2n) is 9.01. The highest BCUT2D eigenvalue weighted by Crippen LogP contribution is 2.22. The van der Waals surface area contributed by atoms with Gasteiger partial charge in [0, 0.05) is 43.9 Å². The Morgan fingerprint density at radius 3 is 2.10 bits per heavy atom. The van der Waals surface area contributed by atoms with Crippen molar-refractivity contribution in [1.82, 2.24) is 19.7 Å². The van der Waals surface area contributed by atoms with Gasteiger partial charge < -0.3 is 14.8 Å². The van der Waals surface area contributed by atoms with E-state index < -0.39 is 0 Å². The topological polar surface area (TPSA) is 76.7 Å². The number of H-pyrrole nitrogens is 1. The Balaban J connectivity index is 1.25. The molecule has 1 aromatic rings. The monoisotopic (exact) mass is 414 g/mol. The van der Waals surface area contributed by atoms with Crippen molar-refractivity contribution in [2.75, 3.05) is 45.8 Å². The summed E-state index contributed by atoms with van der Waals surface area (Å²) in [6, 6.07) is 1.69. The predicted octanol–water partition coefficient (Wildman–Crippen LogP) is 2.55. The molecule has 0 bridgehead atoms. The standard InChI is InChI=1S/C23H34N4O3/c28-21(19-15-20(24-16-19)23(30)27-11-5-6-12-27)17-25-13-7-18(8-14-25)22(29)26-9-3-1-2-4-10-26/h15-16,18,24H,1-14,17H2. The van der Waals surface area contributed by atoms with Crippen LogP contribution in [0.2, 0.25) is 0 Å².